The van der Waals surface area contributed by atoms with E-state index in [2.05, 4.69) is 15.3 Å². The summed E-state index contributed by atoms with van der Waals surface area (Å²) in [6.45, 7) is 5.00. The Morgan fingerprint density at radius 1 is 1.50 bits per heavy atom. The predicted molar refractivity (Wildman–Crippen MR) is 70.2 cm³/mol. The van der Waals surface area contributed by atoms with E-state index in [0.29, 0.717) is 36.7 Å². The molecular formula is C11H17ClN4O2. The number of aliphatic hydroxyl groups is 1. The van der Waals surface area contributed by atoms with Crippen LogP contribution in [-0.4, -0.2) is 54.0 Å². The molecule has 1 aliphatic rings. The molecule has 6 nitrogen and oxygen atoms in total. The number of ether oxygens (including phenoxy) is 1. The van der Waals surface area contributed by atoms with Gasteiger partial charge in [-0.2, -0.15) is 4.98 Å². The van der Waals surface area contributed by atoms with Gasteiger partial charge < -0.3 is 20.1 Å². The number of hydrogen-bond donors (Lipinski definition) is 2. The van der Waals surface area contributed by atoms with Gasteiger partial charge in [0.2, 0.25) is 5.95 Å². The molecule has 0 aromatic carbocycles. The number of rotatable bonds is 4. The highest BCUT2D eigenvalue weighted by Crippen LogP contribution is 2.18. The second-order valence-corrected chi connectivity index (χ2v) is 4.59. The molecule has 1 aromatic rings. The third kappa shape index (κ3) is 3.69. The van der Waals surface area contributed by atoms with Crippen LogP contribution in [0.4, 0.5) is 11.8 Å². The van der Waals surface area contributed by atoms with Crippen LogP contribution in [0, 0.1) is 0 Å². The topological polar surface area (TPSA) is 70.5 Å². The first-order valence-electron chi connectivity index (χ1n) is 5.94. The van der Waals surface area contributed by atoms with Crippen LogP contribution < -0.4 is 10.2 Å². The molecule has 0 amide bonds. The lowest BCUT2D eigenvalue weighted by Crippen LogP contribution is -2.37. The number of morpholine rings is 1. The van der Waals surface area contributed by atoms with Crippen LogP contribution in [0.5, 0.6) is 0 Å². The number of nitrogens with zero attached hydrogens (tertiary/aromatic N) is 3. The molecule has 100 valence electrons. The van der Waals surface area contributed by atoms with Crippen LogP contribution in [0.15, 0.2) is 6.07 Å². The van der Waals surface area contributed by atoms with Crippen LogP contribution in [0.2, 0.25) is 5.15 Å². The van der Waals surface area contributed by atoms with E-state index in [-0.39, 0.29) is 0 Å². The number of aromatic nitrogens is 2. The van der Waals surface area contributed by atoms with Crippen molar-refractivity contribution >= 4 is 23.4 Å². The molecular weight excluding hydrogens is 256 g/mol. The zero-order valence-electron chi connectivity index (χ0n) is 10.3. The molecule has 0 spiro atoms. The Balaban J connectivity index is 2.09. The molecule has 1 saturated heterocycles. The Kier molecular flexibility index (Phi) is 4.57. The first kappa shape index (κ1) is 13.3. The van der Waals surface area contributed by atoms with Gasteiger partial charge in [-0.3, -0.25) is 0 Å². The normalized spacial score (nSPS) is 17.6. The van der Waals surface area contributed by atoms with Crippen molar-refractivity contribution < 1.29 is 9.84 Å². The van der Waals surface area contributed by atoms with Crippen LogP contribution in [0.3, 0.4) is 0 Å². The highest BCUT2D eigenvalue weighted by atomic mass is 35.5. The zero-order valence-corrected chi connectivity index (χ0v) is 11.0. The van der Waals surface area contributed by atoms with E-state index in [1.165, 1.54) is 0 Å². The summed E-state index contributed by atoms with van der Waals surface area (Å²) in [5.41, 5.74) is 0. The monoisotopic (exact) mass is 272 g/mol. The summed E-state index contributed by atoms with van der Waals surface area (Å²) in [6, 6.07) is 1.65. The number of nitrogens with one attached hydrogen (secondary N) is 1. The van der Waals surface area contributed by atoms with Gasteiger partial charge in [-0.15, -0.1) is 0 Å². The van der Waals surface area contributed by atoms with Gasteiger partial charge in [-0.1, -0.05) is 11.6 Å². The van der Waals surface area contributed by atoms with Gasteiger partial charge in [-0.05, 0) is 6.92 Å². The Morgan fingerprint density at radius 2 is 2.22 bits per heavy atom. The minimum absolute atomic E-state index is 0.389. The predicted octanol–water partition coefficient (Wildman–Crippen LogP) is 0.759. The molecule has 1 aromatic heterocycles. The van der Waals surface area contributed by atoms with E-state index < -0.39 is 6.10 Å². The lowest BCUT2D eigenvalue weighted by atomic mass is 10.4. The highest BCUT2D eigenvalue weighted by molar-refractivity contribution is 6.29. The molecule has 1 atom stereocenters. The molecule has 2 rings (SSSR count). The van der Waals surface area contributed by atoms with Gasteiger partial charge in [0.05, 0.1) is 19.3 Å². The molecule has 0 aliphatic carbocycles. The van der Waals surface area contributed by atoms with Gasteiger partial charge in [0.1, 0.15) is 11.0 Å². The first-order chi connectivity index (χ1) is 8.65. The Hall–Kier alpha value is -1.11. The van der Waals surface area contributed by atoms with Crippen molar-refractivity contribution in [3.63, 3.8) is 0 Å². The quantitative estimate of drug-likeness (QED) is 0.789. The van der Waals surface area contributed by atoms with Crippen LogP contribution in [-0.2, 0) is 4.74 Å². The molecule has 1 aliphatic heterocycles. The summed E-state index contributed by atoms with van der Waals surface area (Å²) in [5, 5.41) is 12.6. The van der Waals surface area contributed by atoms with Crippen molar-refractivity contribution in [2.75, 3.05) is 43.1 Å². The molecule has 18 heavy (non-hydrogen) atoms. The fourth-order valence-corrected chi connectivity index (χ4v) is 1.83. The van der Waals surface area contributed by atoms with Gasteiger partial charge in [0.15, 0.2) is 0 Å². The minimum atomic E-state index is -0.439. The SMILES string of the molecule is C[C@H](O)CNc1cc(Cl)nc(N2CCOCC2)n1. The van der Waals surface area contributed by atoms with Gasteiger partial charge in [0.25, 0.3) is 0 Å². The zero-order chi connectivity index (χ0) is 13.0. The molecule has 1 fully saturated rings. The number of hydrogen-bond acceptors (Lipinski definition) is 6. The maximum absolute atomic E-state index is 9.24. The Morgan fingerprint density at radius 3 is 2.89 bits per heavy atom. The molecule has 2 heterocycles. The smallest absolute Gasteiger partial charge is 0.228 e. The summed E-state index contributed by atoms with van der Waals surface area (Å²) in [6.07, 6.45) is -0.439. The number of aliphatic hydroxyl groups excluding tert-OH is 1. The molecule has 0 saturated carbocycles. The Bertz CT molecular complexity index is 397. The maximum atomic E-state index is 9.24. The van der Waals surface area contributed by atoms with Crippen molar-refractivity contribution in [3.05, 3.63) is 11.2 Å². The lowest BCUT2D eigenvalue weighted by molar-refractivity contribution is 0.122. The average molecular weight is 273 g/mol. The molecule has 0 radical (unpaired) electrons. The largest absolute Gasteiger partial charge is 0.392 e. The minimum Gasteiger partial charge on any atom is -0.392 e. The van der Waals surface area contributed by atoms with E-state index in [4.69, 9.17) is 16.3 Å². The van der Waals surface area contributed by atoms with Crippen LogP contribution in [0.25, 0.3) is 0 Å². The average Bonchev–Trinajstić information content (AvgIpc) is 2.37. The fourth-order valence-electron chi connectivity index (χ4n) is 1.65. The van der Waals surface area contributed by atoms with Crippen molar-refractivity contribution in [2.45, 2.75) is 13.0 Å². The fraction of sp³-hybridized carbons (Fsp3) is 0.636. The second kappa shape index (κ2) is 6.17. The second-order valence-electron chi connectivity index (χ2n) is 4.21. The van der Waals surface area contributed by atoms with Crippen LogP contribution >= 0.6 is 11.6 Å². The van der Waals surface area contributed by atoms with Gasteiger partial charge in [-0.25, -0.2) is 4.98 Å². The van der Waals surface area contributed by atoms with Crippen molar-refractivity contribution in [1.29, 1.82) is 0 Å². The maximum Gasteiger partial charge on any atom is 0.228 e. The third-order valence-corrected chi connectivity index (χ3v) is 2.75. The van der Waals surface area contributed by atoms with Gasteiger partial charge >= 0.3 is 0 Å². The third-order valence-electron chi connectivity index (χ3n) is 2.56. The van der Waals surface area contributed by atoms with Crippen molar-refractivity contribution in [3.8, 4) is 0 Å². The van der Waals surface area contributed by atoms with E-state index in [0.717, 1.165) is 13.1 Å². The van der Waals surface area contributed by atoms with E-state index >= 15 is 0 Å². The van der Waals surface area contributed by atoms with Crippen molar-refractivity contribution in [2.24, 2.45) is 0 Å². The summed E-state index contributed by atoms with van der Waals surface area (Å²) < 4.78 is 5.28. The van der Waals surface area contributed by atoms with E-state index in [1.807, 2.05) is 4.90 Å². The summed E-state index contributed by atoms with van der Waals surface area (Å²) in [5.74, 6) is 1.22. The van der Waals surface area contributed by atoms with E-state index in [9.17, 15) is 5.11 Å². The highest BCUT2D eigenvalue weighted by Gasteiger charge is 2.15. The Labute approximate surface area is 111 Å². The number of anilines is 2. The summed E-state index contributed by atoms with van der Waals surface area (Å²) in [4.78, 5) is 10.6. The molecule has 0 unspecified atom stereocenters. The standard InChI is InChI=1S/C11H17ClN4O2/c1-8(17)7-13-10-6-9(12)14-11(15-10)16-2-4-18-5-3-16/h6,8,17H,2-5,7H2,1H3,(H,13,14,15)/t8-/m0/s1. The number of halogens is 1. The summed E-state index contributed by atoms with van der Waals surface area (Å²) in [7, 11) is 0. The lowest BCUT2D eigenvalue weighted by Gasteiger charge is -2.27. The molecule has 0 bridgehead atoms. The van der Waals surface area contributed by atoms with Gasteiger partial charge in [0, 0.05) is 25.7 Å². The first-order valence-corrected chi connectivity index (χ1v) is 6.32. The van der Waals surface area contributed by atoms with E-state index in [1.54, 1.807) is 13.0 Å². The van der Waals surface area contributed by atoms with Crippen molar-refractivity contribution in [1.82, 2.24) is 9.97 Å². The molecule has 2 N–H and O–H groups in total. The van der Waals surface area contributed by atoms with Crippen LogP contribution in [0.1, 0.15) is 6.92 Å². The summed E-state index contributed by atoms with van der Waals surface area (Å²) >= 11 is 5.97. The molecule has 7 heteroatoms.